The zero-order chi connectivity index (χ0) is 8.34. The van der Waals surface area contributed by atoms with E-state index in [1.807, 2.05) is 0 Å². The standard InChI is InChI=1S/C10H16N2/c1-2-3-4-12-9-8(11)7-6-5-10(6,7)9/h5,7-9,12H,2-4,11H2,1H3/t7?,8?,9?,10-/m0/s1. The van der Waals surface area contributed by atoms with Gasteiger partial charge in [0, 0.05) is 23.4 Å². The van der Waals surface area contributed by atoms with Crippen molar-refractivity contribution in [1.29, 1.82) is 0 Å². The second-order valence-electron chi connectivity index (χ2n) is 4.37. The molecule has 3 aliphatic carbocycles. The van der Waals surface area contributed by atoms with Gasteiger partial charge in [-0.2, -0.15) is 0 Å². The van der Waals surface area contributed by atoms with E-state index in [4.69, 9.17) is 5.73 Å². The molecule has 0 heterocycles. The van der Waals surface area contributed by atoms with Crippen LogP contribution in [0.1, 0.15) is 19.8 Å². The van der Waals surface area contributed by atoms with E-state index >= 15 is 0 Å². The number of fused-ring (bicyclic) bond motifs is 1. The van der Waals surface area contributed by atoms with Gasteiger partial charge < -0.3 is 11.1 Å². The second kappa shape index (κ2) is 1.94. The van der Waals surface area contributed by atoms with Crippen molar-refractivity contribution >= 4 is 0 Å². The summed E-state index contributed by atoms with van der Waals surface area (Å²) in [6.07, 6.45) is 4.94. The highest BCUT2D eigenvalue weighted by atomic mass is 15.1. The van der Waals surface area contributed by atoms with Gasteiger partial charge in [-0.15, -0.1) is 0 Å². The van der Waals surface area contributed by atoms with Crippen molar-refractivity contribution in [3.63, 3.8) is 0 Å². The molecule has 0 aromatic rings. The molecule has 1 spiro atoms. The Bertz CT molecular complexity index is 259. The fraction of sp³-hybridized carbons (Fsp3) is 0.800. The highest BCUT2D eigenvalue weighted by Gasteiger charge is 2.84. The third-order valence-electron chi connectivity index (χ3n) is 3.76. The van der Waals surface area contributed by atoms with Gasteiger partial charge in [-0.25, -0.2) is 0 Å². The summed E-state index contributed by atoms with van der Waals surface area (Å²) in [7, 11) is 0. The Kier molecular flexibility index (Phi) is 1.15. The number of rotatable bonds is 4. The molecule has 0 bridgehead atoms. The van der Waals surface area contributed by atoms with Crippen LogP contribution in [0, 0.1) is 11.3 Å². The summed E-state index contributed by atoms with van der Waals surface area (Å²) in [5.41, 5.74) is 8.21. The summed E-state index contributed by atoms with van der Waals surface area (Å²) in [6.45, 7) is 3.37. The Morgan fingerprint density at radius 2 is 2.50 bits per heavy atom. The summed E-state index contributed by atoms with van der Waals surface area (Å²) in [4.78, 5) is 0. The Morgan fingerprint density at radius 3 is 3.00 bits per heavy atom. The average Bonchev–Trinajstić information content (AvgIpc) is 2.85. The predicted molar refractivity (Wildman–Crippen MR) is 48.7 cm³/mol. The molecule has 2 fully saturated rings. The third kappa shape index (κ3) is 0.570. The van der Waals surface area contributed by atoms with Crippen molar-refractivity contribution in [2.24, 2.45) is 17.1 Å². The molecule has 3 rings (SSSR count). The molecular formula is C10H16N2. The van der Waals surface area contributed by atoms with E-state index in [1.165, 1.54) is 12.8 Å². The first-order valence-corrected chi connectivity index (χ1v) is 5.04. The Hall–Kier alpha value is -0.340. The van der Waals surface area contributed by atoms with E-state index in [-0.39, 0.29) is 0 Å². The fourth-order valence-corrected chi connectivity index (χ4v) is 2.84. The lowest BCUT2D eigenvalue weighted by Gasteiger charge is -2.39. The number of unbranched alkanes of at least 4 members (excludes halogenated alkanes) is 1. The van der Waals surface area contributed by atoms with Crippen LogP contribution in [0.25, 0.3) is 0 Å². The second-order valence-corrected chi connectivity index (χ2v) is 4.37. The Labute approximate surface area is 73.2 Å². The van der Waals surface area contributed by atoms with Crippen LogP contribution in [0.5, 0.6) is 0 Å². The molecule has 3 N–H and O–H groups in total. The first-order chi connectivity index (χ1) is 5.82. The van der Waals surface area contributed by atoms with E-state index in [0.717, 1.165) is 12.5 Å². The first-order valence-electron chi connectivity index (χ1n) is 5.04. The van der Waals surface area contributed by atoms with Crippen LogP contribution < -0.4 is 11.1 Å². The highest BCUT2D eigenvalue weighted by Crippen LogP contribution is 2.83. The van der Waals surface area contributed by atoms with Crippen LogP contribution in [-0.4, -0.2) is 18.6 Å². The molecule has 0 amide bonds. The van der Waals surface area contributed by atoms with Gasteiger partial charge in [-0.3, -0.25) is 0 Å². The zero-order valence-electron chi connectivity index (χ0n) is 7.51. The third-order valence-corrected chi connectivity index (χ3v) is 3.76. The molecule has 4 atom stereocenters. The lowest BCUT2D eigenvalue weighted by molar-refractivity contribution is 0.205. The molecule has 0 aliphatic heterocycles. The normalized spacial score (nSPS) is 51.8. The number of hydrogen-bond acceptors (Lipinski definition) is 2. The predicted octanol–water partition coefficient (Wildman–Crippen LogP) is 0.642. The molecule has 3 aliphatic rings. The summed E-state index contributed by atoms with van der Waals surface area (Å²) < 4.78 is 0. The minimum absolute atomic E-state index is 0.432. The van der Waals surface area contributed by atoms with Gasteiger partial charge in [0.15, 0.2) is 0 Å². The van der Waals surface area contributed by atoms with Crippen LogP contribution >= 0.6 is 0 Å². The van der Waals surface area contributed by atoms with E-state index in [2.05, 4.69) is 18.3 Å². The minimum Gasteiger partial charge on any atom is -0.326 e. The van der Waals surface area contributed by atoms with Gasteiger partial charge in [0.2, 0.25) is 0 Å². The zero-order valence-corrected chi connectivity index (χ0v) is 7.51. The van der Waals surface area contributed by atoms with Crippen LogP contribution in [0.3, 0.4) is 0 Å². The summed E-state index contributed by atoms with van der Waals surface area (Å²) >= 11 is 0. The van der Waals surface area contributed by atoms with Crippen molar-refractivity contribution in [3.05, 3.63) is 11.6 Å². The lowest BCUT2D eigenvalue weighted by atomic mass is 9.76. The van der Waals surface area contributed by atoms with E-state index in [9.17, 15) is 0 Å². The number of hydrogen-bond donors (Lipinski definition) is 2. The SMILES string of the molecule is CCCCNC1C(N)C2C3=C[C@@]312. The van der Waals surface area contributed by atoms with Crippen LogP contribution in [0.4, 0.5) is 0 Å². The van der Waals surface area contributed by atoms with E-state index in [0.29, 0.717) is 17.5 Å². The first kappa shape index (κ1) is 7.10. The van der Waals surface area contributed by atoms with Crippen molar-refractivity contribution in [1.82, 2.24) is 5.32 Å². The monoisotopic (exact) mass is 164 g/mol. The maximum atomic E-state index is 6.00. The smallest absolute Gasteiger partial charge is 0.0360 e. The minimum atomic E-state index is 0.432. The summed E-state index contributed by atoms with van der Waals surface area (Å²) in [6, 6.07) is 1.03. The Balaban J connectivity index is 1.52. The molecular weight excluding hydrogens is 148 g/mol. The maximum Gasteiger partial charge on any atom is 0.0360 e. The largest absolute Gasteiger partial charge is 0.326 e. The Morgan fingerprint density at radius 1 is 1.67 bits per heavy atom. The molecule has 2 saturated carbocycles. The lowest BCUT2D eigenvalue weighted by Crippen LogP contribution is -2.60. The van der Waals surface area contributed by atoms with Crippen LogP contribution in [-0.2, 0) is 0 Å². The molecule has 2 heteroatoms. The molecule has 2 nitrogen and oxygen atoms in total. The van der Waals surface area contributed by atoms with Crippen molar-refractivity contribution in [2.75, 3.05) is 6.54 Å². The van der Waals surface area contributed by atoms with Gasteiger partial charge >= 0.3 is 0 Å². The van der Waals surface area contributed by atoms with Crippen molar-refractivity contribution < 1.29 is 0 Å². The van der Waals surface area contributed by atoms with E-state index < -0.39 is 0 Å². The molecule has 66 valence electrons. The quantitative estimate of drug-likeness (QED) is 0.473. The van der Waals surface area contributed by atoms with Gasteiger partial charge in [0.25, 0.3) is 0 Å². The van der Waals surface area contributed by atoms with Gasteiger partial charge in [0.05, 0.1) is 0 Å². The van der Waals surface area contributed by atoms with Crippen molar-refractivity contribution in [2.45, 2.75) is 31.8 Å². The van der Waals surface area contributed by atoms with Gasteiger partial charge in [-0.05, 0) is 13.0 Å². The fourth-order valence-electron chi connectivity index (χ4n) is 2.84. The van der Waals surface area contributed by atoms with Crippen molar-refractivity contribution in [3.8, 4) is 0 Å². The van der Waals surface area contributed by atoms with Gasteiger partial charge in [0.1, 0.15) is 0 Å². The van der Waals surface area contributed by atoms with Gasteiger partial charge in [-0.1, -0.05) is 25.0 Å². The topological polar surface area (TPSA) is 38.0 Å². The molecule has 0 radical (unpaired) electrons. The average molecular weight is 164 g/mol. The van der Waals surface area contributed by atoms with Crippen LogP contribution in [0.2, 0.25) is 0 Å². The molecule has 0 saturated heterocycles. The van der Waals surface area contributed by atoms with E-state index in [1.54, 1.807) is 5.57 Å². The molecule has 0 aromatic carbocycles. The summed E-state index contributed by atoms with van der Waals surface area (Å²) in [5, 5.41) is 3.57. The number of nitrogens with two attached hydrogens (primary N) is 1. The highest BCUT2D eigenvalue weighted by molar-refractivity contribution is 5.70. The summed E-state index contributed by atoms with van der Waals surface area (Å²) in [5.74, 6) is 0.802. The molecule has 12 heavy (non-hydrogen) atoms. The van der Waals surface area contributed by atoms with Crippen LogP contribution in [0.15, 0.2) is 11.6 Å². The number of nitrogens with one attached hydrogen (secondary N) is 1. The molecule has 0 aromatic heterocycles. The maximum absolute atomic E-state index is 6.00. The molecule has 3 unspecified atom stereocenters.